The van der Waals surface area contributed by atoms with Crippen LogP contribution in [0.5, 0.6) is 0 Å². The summed E-state index contributed by atoms with van der Waals surface area (Å²) in [5.41, 5.74) is 1.66. The molecular weight excluding hydrogens is 308 g/mol. The maximum Gasteiger partial charge on any atom is 0.253 e. The number of aryl methyl sites for hydroxylation is 1. The summed E-state index contributed by atoms with van der Waals surface area (Å²) in [6.45, 7) is 4.60. The van der Waals surface area contributed by atoms with Gasteiger partial charge in [-0.15, -0.1) is 0 Å². The van der Waals surface area contributed by atoms with E-state index >= 15 is 0 Å². The molecule has 2 aromatic rings. The number of amides is 1. The lowest BCUT2D eigenvalue weighted by Crippen LogP contribution is -2.26. The Bertz CT molecular complexity index is 677. The number of hydrogen-bond donors (Lipinski definition) is 2. The van der Waals surface area contributed by atoms with Gasteiger partial charge in [-0.1, -0.05) is 12.1 Å². The van der Waals surface area contributed by atoms with E-state index in [-0.39, 0.29) is 18.1 Å². The summed E-state index contributed by atoms with van der Waals surface area (Å²) in [6.07, 6.45) is 2.14. The van der Waals surface area contributed by atoms with Gasteiger partial charge in [-0.3, -0.25) is 4.79 Å². The lowest BCUT2D eigenvalue weighted by molar-refractivity contribution is -0.124. The number of hydrogen-bond acceptors (Lipinski definition) is 6. The van der Waals surface area contributed by atoms with Crippen LogP contribution in [0.1, 0.15) is 44.4 Å². The first-order chi connectivity index (χ1) is 11.7. The smallest absolute Gasteiger partial charge is 0.253 e. The van der Waals surface area contributed by atoms with Crippen LogP contribution >= 0.6 is 0 Å². The Balaban J connectivity index is 1.56. The summed E-state index contributed by atoms with van der Waals surface area (Å²) in [4.78, 5) is 16.3. The largest absolute Gasteiger partial charge is 0.374 e. The number of nitrogens with one attached hydrogen (secondary N) is 2. The first-order valence-corrected chi connectivity index (χ1v) is 8.27. The fraction of sp³-hybridized carbons (Fsp3) is 0.471. The van der Waals surface area contributed by atoms with Gasteiger partial charge >= 0.3 is 0 Å². The molecule has 2 unspecified atom stereocenters. The van der Waals surface area contributed by atoms with E-state index in [0.29, 0.717) is 18.3 Å². The van der Waals surface area contributed by atoms with Crippen molar-refractivity contribution in [2.45, 2.75) is 45.3 Å². The SMILES string of the molecule is CCc1noc(C(C)Nc2ccc(NC(=O)C3CCCO3)cc2)n1. The maximum absolute atomic E-state index is 12.0. The highest BCUT2D eigenvalue weighted by molar-refractivity contribution is 5.94. The summed E-state index contributed by atoms with van der Waals surface area (Å²) in [7, 11) is 0. The number of aromatic nitrogens is 2. The highest BCUT2D eigenvalue weighted by atomic mass is 16.5. The third kappa shape index (κ3) is 3.91. The molecule has 128 valence electrons. The van der Waals surface area contributed by atoms with Gasteiger partial charge in [0.15, 0.2) is 5.82 Å². The zero-order chi connectivity index (χ0) is 16.9. The Kier molecular flexibility index (Phi) is 5.10. The van der Waals surface area contributed by atoms with Crippen LogP contribution in [-0.2, 0) is 16.0 Å². The van der Waals surface area contributed by atoms with E-state index in [0.717, 1.165) is 30.6 Å². The van der Waals surface area contributed by atoms with E-state index in [1.165, 1.54) is 0 Å². The Labute approximate surface area is 140 Å². The van der Waals surface area contributed by atoms with Crippen LogP contribution < -0.4 is 10.6 Å². The van der Waals surface area contributed by atoms with E-state index in [4.69, 9.17) is 9.26 Å². The van der Waals surface area contributed by atoms with Crippen LogP contribution in [0, 0.1) is 0 Å². The number of benzene rings is 1. The minimum Gasteiger partial charge on any atom is -0.374 e. The van der Waals surface area contributed by atoms with Gasteiger partial charge in [-0.05, 0) is 44.0 Å². The van der Waals surface area contributed by atoms with Crippen molar-refractivity contribution < 1.29 is 14.1 Å². The Morgan fingerprint density at radius 3 is 2.71 bits per heavy atom. The number of nitrogens with zero attached hydrogens (tertiary/aromatic N) is 2. The molecule has 3 rings (SSSR count). The van der Waals surface area contributed by atoms with Crippen LogP contribution in [0.2, 0.25) is 0 Å². The second kappa shape index (κ2) is 7.44. The van der Waals surface area contributed by atoms with E-state index < -0.39 is 0 Å². The molecule has 0 saturated carbocycles. The molecule has 1 aliphatic rings. The standard InChI is InChI=1S/C17H22N4O3/c1-3-15-20-17(24-21-15)11(2)18-12-6-8-13(9-7-12)19-16(22)14-5-4-10-23-14/h6-9,11,14,18H,3-5,10H2,1-2H3,(H,19,22). The number of anilines is 2. The fourth-order valence-corrected chi connectivity index (χ4v) is 2.56. The molecule has 7 nitrogen and oxygen atoms in total. The molecule has 1 aromatic heterocycles. The van der Waals surface area contributed by atoms with Crippen molar-refractivity contribution in [1.82, 2.24) is 10.1 Å². The van der Waals surface area contributed by atoms with Crippen LogP contribution in [0.25, 0.3) is 0 Å². The number of carbonyl (C=O) groups excluding carboxylic acids is 1. The summed E-state index contributed by atoms with van der Waals surface area (Å²) in [5.74, 6) is 1.17. The van der Waals surface area contributed by atoms with Gasteiger partial charge < -0.3 is 19.9 Å². The van der Waals surface area contributed by atoms with Crippen LogP contribution in [0.4, 0.5) is 11.4 Å². The molecule has 1 amide bonds. The van der Waals surface area contributed by atoms with Crippen molar-refractivity contribution in [2.24, 2.45) is 0 Å². The minimum atomic E-state index is -0.326. The lowest BCUT2D eigenvalue weighted by atomic mass is 10.2. The molecule has 2 heterocycles. The van der Waals surface area contributed by atoms with Crippen LogP contribution in [0.15, 0.2) is 28.8 Å². The third-order valence-electron chi connectivity index (χ3n) is 3.93. The van der Waals surface area contributed by atoms with E-state index in [1.807, 2.05) is 38.1 Å². The molecule has 0 bridgehead atoms. The van der Waals surface area contributed by atoms with Crippen molar-refractivity contribution in [2.75, 3.05) is 17.2 Å². The zero-order valence-electron chi connectivity index (χ0n) is 13.9. The highest BCUT2D eigenvalue weighted by Gasteiger charge is 2.23. The molecule has 1 saturated heterocycles. The molecule has 1 aromatic carbocycles. The normalized spacial score (nSPS) is 18.3. The number of ether oxygens (including phenoxy) is 1. The first-order valence-electron chi connectivity index (χ1n) is 8.27. The van der Waals surface area contributed by atoms with Gasteiger partial charge in [-0.2, -0.15) is 4.98 Å². The number of rotatable bonds is 6. The molecule has 1 aliphatic heterocycles. The maximum atomic E-state index is 12.0. The summed E-state index contributed by atoms with van der Waals surface area (Å²) >= 11 is 0. The third-order valence-corrected chi connectivity index (χ3v) is 3.93. The monoisotopic (exact) mass is 330 g/mol. The van der Waals surface area contributed by atoms with Gasteiger partial charge in [0.2, 0.25) is 5.89 Å². The van der Waals surface area contributed by atoms with E-state index in [9.17, 15) is 4.79 Å². The molecule has 0 radical (unpaired) electrons. The van der Waals surface area contributed by atoms with Gasteiger partial charge in [0.05, 0.1) is 0 Å². The van der Waals surface area contributed by atoms with Gasteiger partial charge in [-0.25, -0.2) is 0 Å². The van der Waals surface area contributed by atoms with E-state index in [2.05, 4.69) is 20.8 Å². The van der Waals surface area contributed by atoms with Gasteiger partial charge in [0.25, 0.3) is 5.91 Å². The Morgan fingerprint density at radius 1 is 1.33 bits per heavy atom. The van der Waals surface area contributed by atoms with Gasteiger partial charge in [0.1, 0.15) is 12.1 Å². The zero-order valence-corrected chi connectivity index (χ0v) is 13.9. The fourth-order valence-electron chi connectivity index (χ4n) is 2.56. The first kappa shape index (κ1) is 16.4. The van der Waals surface area contributed by atoms with Crippen molar-refractivity contribution in [1.29, 1.82) is 0 Å². The predicted octanol–water partition coefficient (Wildman–Crippen LogP) is 2.92. The molecule has 2 N–H and O–H groups in total. The quantitative estimate of drug-likeness (QED) is 0.846. The van der Waals surface area contributed by atoms with Crippen LogP contribution in [-0.4, -0.2) is 28.8 Å². The minimum absolute atomic E-state index is 0.0838. The lowest BCUT2D eigenvalue weighted by Gasteiger charge is -2.13. The Morgan fingerprint density at radius 2 is 2.08 bits per heavy atom. The molecule has 0 spiro atoms. The summed E-state index contributed by atoms with van der Waals surface area (Å²) in [5, 5.41) is 10.1. The topological polar surface area (TPSA) is 89.3 Å². The molecule has 24 heavy (non-hydrogen) atoms. The predicted molar refractivity (Wildman–Crippen MR) is 89.8 cm³/mol. The Hall–Kier alpha value is -2.41. The average Bonchev–Trinajstić information content (AvgIpc) is 3.28. The van der Waals surface area contributed by atoms with Crippen LogP contribution in [0.3, 0.4) is 0 Å². The molecule has 7 heteroatoms. The van der Waals surface area contributed by atoms with Crippen molar-refractivity contribution in [3.8, 4) is 0 Å². The van der Waals surface area contributed by atoms with Crippen molar-refractivity contribution >= 4 is 17.3 Å². The van der Waals surface area contributed by atoms with Crippen molar-refractivity contribution in [3.05, 3.63) is 36.0 Å². The highest BCUT2D eigenvalue weighted by Crippen LogP contribution is 2.21. The molecule has 1 fully saturated rings. The summed E-state index contributed by atoms with van der Waals surface area (Å²) < 4.78 is 10.6. The number of carbonyl (C=O) groups is 1. The molecule has 0 aliphatic carbocycles. The van der Waals surface area contributed by atoms with Gasteiger partial charge in [0, 0.05) is 24.4 Å². The van der Waals surface area contributed by atoms with Crippen molar-refractivity contribution in [3.63, 3.8) is 0 Å². The summed E-state index contributed by atoms with van der Waals surface area (Å²) in [6, 6.07) is 7.42. The van der Waals surface area contributed by atoms with E-state index in [1.54, 1.807) is 0 Å². The molecule has 2 atom stereocenters. The molecular formula is C17H22N4O3. The second-order valence-electron chi connectivity index (χ2n) is 5.84. The second-order valence-corrected chi connectivity index (χ2v) is 5.84. The average molecular weight is 330 g/mol.